The van der Waals surface area contributed by atoms with Gasteiger partial charge >= 0.3 is 0 Å². The van der Waals surface area contributed by atoms with Crippen LogP contribution in [0.25, 0.3) is 0 Å². The highest BCUT2D eigenvalue weighted by Gasteiger charge is 2.12. The zero-order valence-electron chi connectivity index (χ0n) is 9.17. The van der Waals surface area contributed by atoms with E-state index in [1.165, 1.54) is 25.0 Å². The summed E-state index contributed by atoms with van der Waals surface area (Å²) in [5, 5.41) is 1.29. The molecule has 0 aromatic heterocycles. The molecule has 0 aliphatic heterocycles. The number of amides is 1. The Kier molecular flexibility index (Phi) is 6.59. The van der Waals surface area contributed by atoms with Gasteiger partial charge in [-0.2, -0.15) is 0 Å². The summed E-state index contributed by atoms with van der Waals surface area (Å²) in [4.78, 5) is 16.1. The molecule has 0 rings (SSSR count). The Hall–Kier alpha value is -0.570. The molecule has 0 heterocycles. The first-order valence-electron chi connectivity index (χ1n) is 4.92. The minimum absolute atomic E-state index is 0.0612. The topological polar surface area (TPSA) is 29.5 Å². The summed E-state index contributed by atoms with van der Waals surface area (Å²) in [6.07, 6.45) is 4.11. The highest BCUT2D eigenvalue weighted by Crippen LogP contribution is 2.12. The zero-order valence-corrected chi connectivity index (χ0v) is 9.17. The van der Waals surface area contributed by atoms with E-state index in [4.69, 9.17) is 4.84 Å². The molecule has 0 bridgehead atoms. The summed E-state index contributed by atoms with van der Waals surface area (Å²) in [7, 11) is 3.16. The summed E-state index contributed by atoms with van der Waals surface area (Å²) < 4.78 is 0. The number of rotatable bonds is 6. The lowest BCUT2D eigenvalue weighted by molar-refractivity contribution is -0.169. The Labute approximate surface area is 81.0 Å². The van der Waals surface area contributed by atoms with Crippen LogP contribution in [0.1, 0.15) is 39.5 Å². The molecule has 0 aliphatic rings. The van der Waals surface area contributed by atoms with Crippen LogP contribution in [-0.2, 0) is 9.63 Å². The number of hydroxylamine groups is 2. The summed E-state index contributed by atoms with van der Waals surface area (Å²) >= 11 is 0. The van der Waals surface area contributed by atoms with Crippen molar-refractivity contribution in [3.8, 4) is 0 Å². The van der Waals surface area contributed by atoms with Crippen molar-refractivity contribution < 1.29 is 9.63 Å². The van der Waals surface area contributed by atoms with Gasteiger partial charge in [0.25, 0.3) is 0 Å². The van der Waals surface area contributed by atoms with E-state index in [0.717, 1.165) is 6.42 Å². The molecule has 1 amide bonds. The van der Waals surface area contributed by atoms with Crippen molar-refractivity contribution in [1.29, 1.82) is 0 Å². The standard InChI is InChI=1S/C10H21NO2/c1-5-6-7-9(2)8-10(12)11(3)13-4/h9H,5-8H2,1-4H3/t9-/m0/s1. The zero-order chi connectivity index (χ0) is 10.3. The van der Waals surface area contributed by atoms with Crippen molar-refractivity contribution >= 4 is 5.91 Å². The Morgan fingerprint density at radius 1 is 1.54 bits per heavy atom. The fourth-order valence-corrected chi connectivity index (χ4v) is 1.18. The Balaban J connectivity index is 3.64. The highest BCUT2D eigenvalue weighted by molar-refractivity contribution is 5.74. The lowest BCUT2D eigenvalue weighted by Gasteiger charge is -2.16. The van der Waals surface area contributed by atoms with Crippen LogP contribution in [0.2, 0.25) is 0 Å². The van der Waals surface area contributed by atoms with Crippen LogP contribution in [0.4, 0.5) is 0 Å². The summed E-state index contributed by atoms with van der Waals surface area (Å²) in [5.41, 5.74) is 0. The lowest BCUT2D eigenvalue weighted by Crippen LogP contribution is -2.26. The van der Waals surface area contributed by atoms with Crippen LogP contribution in [-0.4, -0.2) is 25.1 Å². The molecule has 0 saturated heterocycles. The SMILES string of the molecule is CCCC[C@H](C)CC(=O)N(C)OC. The van der Waals surface area contributed by atoms with Crippen molar-refractivity contribution in [3.05, 3.63) is 0 Å². The van der Waals surface area contributed by atoms with E-state index in [-0.39, 0.29) is 5.91 Å². The van der Waals surface area contributed by atoms with Crippen LogP contribution in [0.3, 0.4) is 0 Å². The van der Waals surface area contributed by atoms with E-state index in [2.05, 4.69) is 13.8 Å². The van der Waals surface area contributed by atoms with Crippen molar-refractivity contribution in [1.82, 2.24) is 5.06 Å². The van der Waals surface area contributed by atoms with Crippen LogP contribution in [0, 0.1) is 5.92 Å². The maximum Gasteiger partial charge on any atom is 0.246 e. The first kappa shape index (κ1) is 12.4. The van der Waals surface area contributed by atoms with E-state index in [1.54, 1.807) is 7.05 Å². The molecule has 0 aliphatic carbocycles. The molecule has 1 atom stereocenters. The van der Waals surface area contributed by atoms with Crippen LogP contribution >= 0.6 is 0 Å². The van der Waals surface area contributed by atoms with Crippen LogP contribution in [0.15, 0.2) is 0 Å². The molecule has 0 unspecified atom stereocenters. The summed E-state index contributed by atoms with van der Waals surface area (Å²) in [6.45, 7) is 4.27. The van der Waals surface area contributed by atoms with Crippen molar-refractivity contribution in [2.24, 2.45) is 5.92 Å². The van der Waals surface area contributed by atoms with Gasteiger partial charge in [0.1, 0.15) is 0 Å². The third-order valence-electron chi connectivity index (χ3n) is 2.20. The molecular weight excluding hydrogens is 166 g/mol. The van der Waals surface area contributed by atoms with E-state index in [0.29, 0.717) is 12.3 Å². The first-order valence-corrected chi connectivity index (χ1v) is 4.92. The predicted octanol–water partition coefficient (Wildman–Crippen LogP) is 2.22. The average Bonchev–Trinajstić information content (AvgIpc) is 2.13. The smallest absolute Gasteiger partial charge is 0.246 e. The second-order valence-corrected chi connectivity index (χ2v) is 3.53. The molecule has 0 radical (unpaired) electrons. The van der Waals surface area contributed by atoms with Gasteiger partial charge in [-0.1, -0.05) is 33.1 Å². The number of unbranched alkanes of at least 4 members (excludes halogenated alkanes) is 1. The fraction of sp³-hybridized carbons (Fsp3) is 0.900. The fourth-order valence-electron chi connectivity index (χ4n) is 1.18. The van der Waals surface area contributed by atoms with Gasteiger partial charge in [-0.05, 0) is 5.92 Å². The van der Waals surface area contributed by atoms with Crippen molar-refractivity contribution in [3.63, 3.8) is 0 Å². The van der Waals surface area contributed by atoms with Crippen LogP contribution in [0.5, 0.6) is 0 Å². The third kappa shape index (κ3) is 5.64. The van der Waals surface area contributed by atoms with Crippen molar-refractivity contribution in [2.75, 3.05) is 14.2 Å². The normalized spacial score (nSPS) is 12.6. The van der Waals surface area contributed by atoms with E-state index < -0.39 is 0 Å². The highest BCUT2D eigenvalue weighted by atomic mass is 16.7. The quantitative estimate of drug-likeness (QED) is 0.597. The number of carbonyl (C=O) groups is 1. The van der Waals surface area contributed by atoms with Crippen LogP contribution < -0.4 is 0 Å². The van der Waals surface area contributed by atoms with Gasteiger partial charge in [-0.25, -0.2) is 5.06 Å². The van der Waals surface area contributed by atoms with E-state index >= 15 is 0 Å². The largest absolute Gasteiger partial charge is 0.275 e. The van der Waals surface area contributed by atoms with E-state index in [9.17, 15) is 4.79 Å². The molecule has 0 saturated carbocycles. The minimum atomic E-state index is 0.0612. The maximum atomic E-state index is 11.3. The molecule has 0 spiro atoms. The minimum Gasteiger partial charge on any atom is -0.275 e. The van der Waals surface area contributed by atoms with Gasteiger partial charge in [-0.15, -0.1) is 0 Å². The number of hydrogen-bond acceptors (Lipinski definition) is 2. The molecule has 3 heteroatoms. The Morgan fingerprint density at radius 3 is 2.62 bits per heavy atom. The maximum absolute atomic E-state index is 11.3. The number of hydrogen-bond donors (Lipinski definition) is 0. The third-order valence-corrected chi connectivity index (χ3v) is 2.20. The molecule has 78 valence electrons. The monoisotopic (exact) mass is 187 g/mol. The van der Waals surface area contributed by atoms with Gasteiger partial charge in [0, 0.05) is 13.5 Å². The predicted molar refractivity (Wildman–Crippen MR) is 53.1 cm³/mol. The number of carbonyl (C=O) groups excluding carboxylic acids is 1. The first-order chi connectivity index (χ1) is 6.11. The molecule has 0 fully saturated rings. The van der Waals surface area contributed by atoms with Gasteiger partial charge in [0.05, 0.1) is 7.11 Å². The Morgan fingerprint density at radius 2 is 2.15 bits per heavy atom. The molecular formula is C10H21NO2. The van der Waals surface area contributed by atoms with Gasteiger partial charge in [-0.3, -0.25) is 9.63 Å². The second-order valence-electron chi connectivity index (χ2n) is 3.53. The molecule has 3 nitrogen and oxygen atoms in total. The van der Waals surface area contributed by atoms with E-state index in [1.807, 2.05) is 0 Å². The molecule has 0 aromatic carbocycles. The van der Waals surface area contributed by atoms with Gasteiger partial charge < -0.3 is 0 Å². The lowest BCUT2D eigenvalue weighted by atomic mass is 10.0. The Bertz CT molecular complexity index is 148. The summed E-state index contributed by atoms with van der Waals surface area (Å²) in [6, 6.07) is 0. The molecule has 13 heavy (non-hydrogen) atoms. The van der Waals surface area contributed by atoms with Gasteiger partial charge in [0.15, 0.2) is 0 Å². The van der Waals surface area contributed by atoms with Gasteiger partial charge in [0.2, 0.25) is 5.91 Å². The second kappa shape index (κ2) is 6.89. The summed E-state index contributed by atoms with van der Waals surface area (Å²) in [5.74, 6) is 0.524. The molecule has 0 aromatic rings. The molecule has 0 N–H and O–H groups in total. The average molecular weight is 187 g/mol. The van der Waals surface area contributed by atoms with Crippen molar-refractivity contribution in [2.45, 2.75) is 39.5 Å². The number of nitrogens with zero attached hydrogens (tertiary/aromatic N) is 1.